The highest BCUT2D eigenvalue weighted by molar-refractivity contribution is 7.89. The highest BCUT2D eigenvalue weighted by atomic mass is 32.2. The molecule has 3 aromatic rings. The lowest BCUT2D eigenvalue weighted by atomic mass is 10.00. The van der Waals surface area contributed by atoms with Gasteiger partial charge in [-0.05, 0) is 67.6 Å². The molecule has 0 spiro atoms. The number of piperidine rings is 1. The quantitative estimate of drug-likeness (QED) is 0.352. The van der Waals surface area contributed by atoms with Gasteiger partial charge in [0, 0.05) is 37.8 Å². The van der Waals surface area contributed by atoms with Gasteiger partial charge in [-0.1, -0.05) is 55.5 Å². The molecule has 0 aromatic heterocycles. The van der Waals surface area contributed by atoms with Crippen LogP contribution in [0.1, 0.15) is 47.7 Å². The molecule has 1 heterocycles. The molecule has 0 unspecified atom stereocenters. The van der Waals surface area contributed by atoms with Gasteiger partial charge in [0.15, 0.2) is 0 Å². The fraction of sp³-hybridized carbons (Fsp3) is 0.355. The van der Waals surface area contributed by atoms with Crippen molar-refractivity contribution >= 4 is 21.8 Å². The van der Waals surface area contributed by atoms with Crippen molar-refractivity contribution in [1.29, 1.82) is 0 Å². The molecule has 0 radical (unpaired) electrons. The van der Waals surface area contributed by atoms with Gasteiger partial charge in [-0.3, -0.25) is 9.59 Å². The number of hydrogen-bond donors (Lipinski definition) is 0. The third kappa shape index (κ3) is 6.95. The predicted molar refractivity (Wildman–Crippen MR) is 153 cm³/mol. The second-order valence-corrected chi connectivity index (χ2v) is 12.1. The second kappa shape index (κ2) is 13.2. The number of likely N-dealkylation sites (tertiary alicyclic amines) is 1. The Bertz CT molecular complexity index is 1420. The third-order valence-electron chi connectivity index (χ3n) is 7.30. The lowest BCUT2D eigenvalue weighted by Crippen LogP contribution is -2.51. The Morgan fingerprint density at radius 3 is 2.27 bits per heavy atom. The minimum Gasteiger partial charge on any atom is -0.338 e. The zero-order chi connectivity index (χ0) is 28.7. The maximum Gasteiger partial charge on any atom is 0.254 e. The van der Waals surface area contributed by atoms with E-state index in [4.69, 9.17) is 0 Å². The summed E-state index contributed by atoms with van der Waals surface area (Å²) in [5, 5.41) is 0. The van der Waals surface area contributed by atoms with Gasteiger partial charge < -0.3 is 9.80 Å². The number of aryl methyl sites for hydroxylation is 1. The number of nitrogens with zero attached hydrogens (tertiary/aromatic N) is 3. The van der Waals surface area contributed by atoms with Crippen LogP contribution < -0.4 is 0 Å². The molecule has 0 bridgehead atoms. The summed E-state index contributed by atoms with van der Waals surface area (Å²) in [6, 6.07) is 21.4. The number of hydrogen-bond acceptors (Lipinski definition) is 4. The van der Waals surface area contributed by atoms with E-state index in [2.05, 4.69) is 0 Å². The summed E-state index contributed by atoms with van der Waals surface area (Å²) < 4.78 is 42.0. The lowest BCUT2D eigenvalue weighted by Gasteiger charge is -2.39. The first-order chi connectivity index (χ1) is 19.2. The zero-order valence-corrected chi connectivity index (χ0v) is 23.8. The largest absolute Gasteiger partial charge is 0.338 e. The SMILES string of the molecule is CCCN(CC(=O)N(Cc1cccc(F)c1)C1CCN(C(=O)c2ccccc2C)CC1)S(=O)(=O)c1ccccc1. The van der Waals surface area contributed by atoms with Gasteiger partial charge in [0.2, 0.25) is 15.9 Å². The Morgan fingerprint density at radius 1 is 0.950 bits per heavy atom. The fourth-order valence-corrected chi connectivity index (χ4v) is 6.64. The summed E-state index contributed by atoms with van der Waals surface area (Å²) in [6.07, 6.45) is 1.62. The van der Waals surface area contributed by atoms with Gasteiger partial charge in [-0.15, -0.1) is 0 Å². The van der Waals surface area contributed by atoms with Crippen LogP contribution in [0.5, 0.6) is 0 Å². The van der Waals surface area contributed by atoms with Crippen molar-refractivity contribution in [3.8, 4) is 0 Å². The van der Waals surface area contributed by atoms with Crippen molar-refractivity contribution in [2.75, 3.05) is 26.2 Å². The maximum atomic E-state index is 14.0. The van der Waals surface area contributed by atoms with Gasteiger partial charge in [0.25, 0.3) is 5.91 Å². The van der Waals surface area contributed by atoms with Crippen LogP contribution in [-0.2, 0) is 21.4 Å². The van der Waals surface area contributed by atoms with E-state index in [-0.39, 0.29) is 42.4 Å². The Kier molecular flexibility index (Phi) is 9.71. The van der Waals surface area contributed by atoms with E-state index in [1.165, 1.54) is 28.6 Å². The topological polar surface area (TPSA) is 78.0 Å². The molecule has 1 saturated heterocycles. The van der Waals surface area contributed by atoms with Crippen LogP contribution in [0.25, 0.3) is 0 Å². The van der Waals surface area contributed by atoms with Crippen LogP contribution in [0, 0.1) is 12.7 Å². The normalized spacial score (nSPS) is 14.3. The number of halogens is 1. The van der Waals surface area contributed by atoms with Gasteiger partial charge >= 0.3 is 0 Å². The smallest absolute Gasteiger partial charge is 0.254 e. The summed E-state index contributed by atoms with van der Waals surface area (Å²) in [4.78, 5) is 30.6. The molecule has 1 aliphatic heterocycles. The van der Waals surface area contributed by atoms with Crippen LogP contribution in [0.2, 0.25) is 0 Å². The molecular weight excluding hydrogens is 529 g/mol. The van der Waals surface area contributed by atoms with Crippen molar-refractivity contribution in [2.24, 2.45) is 0 Å². The van der Waals surface area contributed by atoms with Gasteiger partial charge in [-0.25, -0.2) is 12.8 Å². The number of benzene rings is 3. The zero-order valence-electron chi connectivity index (χ0n) is 23.0. The van der Waals surface area contributed by atoms with Crippen molar-refractivity contribution < 1.29 is 22.4 Å². The van der Waals surface area contributed by atoms with Gasteiger partial charge in [0.1, 0.15) is 5.82 Å². The van der Waals surface area contributed by atoms with Crippen LogP contribution in [0.3, 0.4) is 0 Å². The Labute approximate surface area is 236 Å². The second-order valence-electron chi connectivity index (χ2n) is 10.1. The van der Waals surface area contributed by atoms with E-state index in [0.717, 1.165) is 5.56 Å². The number of carbonyl (C=O) groups excluding carboxylic acids is 2. The molecule has 0 aliphatic carbocycles. The summed E-state index contributed by atoms with van der Waals surface area (Å²) in [5.74, 6) is -0.786. The average molecular weight is 566 g/mol. The van der Waals surface area contributed by atoms with Gasteiger partial charge in [-0.2, -0.15) is 4.31 Å². The van der Waals surface area contributed by atoms with Crippen molar-refractivity contribution in [3.63, 3.8) is 0 Å². The molecule has 0 N–H and O–H groups in total. The third-order valence-corrected chi connectivity index (χ3v) is 9.16. The van der Waals surface area contributed by atoms with Crippen molar-refractivity contribution in [2.45, 2.75) is 50.6 Å². The summed E-state index contributed by atoms with van der Waals surface area (Å²) in [6.45, 7) is 4.73. The molecule has 4 rings (SSSR count). The molecule has 40 heavy (non-hydrogen) atoms. The number of rotatable bonds is 10. The molecule has 0 saturated carbocycles. The number of carbonyl (C=O) groups is 2. The number of sulfonamides is 1. The van der Waals surface area contributed by atoms with E-state index < -0.39 is 15.8 Å². The van der Waals surface area contributed by atoms with E-state index in [0.29, 0.717) is 43.5 Å². The van der Waals surface area contributed by atoms with Crippen LogP contribution in [-0.4, -0.2) is 66.6 Å². The van der Waals surface area contributed by atoms with Gasteiger partial charge in [0.05, 0.1) is 11.4 Å². The lowest BCUT2D eigenvalue weighted by molar-refractivity contribution is -0.135. The highest BCUT2D eigenvalue weighted by Gasteiger charge is 2.33. The first-order valence-electron chi connectivity index (χ1n) is 13.6. The highest BCUT2D eigenvalue weighted by Crippen LogP contribution is 2.23. The fourth-order valence-electron chi connectivity index (χ4n) is 5.13. The van der Waals surface area contributed by atoms with E-state index in [9.17, 15) is 22.4 Å². The Morgan fingerprint density at radius 2 is 1.62 bits per heavy atom. The maximum absolute atomic E-state index is 14.0. The number of amides is 2. The standard InChI is InChI=1S/C31H36FN3O4S/c1-3-18-34(40(38,39)28-13-5-4-6-14-28)23-30(36)35(22-25-11-9-12-26(32)21-25)27-16-19-33(20-17-27)31(37)29-15-8-7-10-24(29)2/h4-15,21,27H,3,16-20,22-23H2,1-2H3. The molecule has 1 aliphatic rings. The molecule has 2 amide bonds. The van der Waals surface area contributed by atoms with Crippen LogP contribution >= 0.6 is 0 Å². The molecule has 9 heteroatoms. The van der Waals surface area contributed by atoms with Crippen LogP contribution in [0.15, 0.2) is 83.8 Å². The summed E-state index contributed by atoms with van der Waals surface area (Å²) in [5.41, 5.74) is 2.20. The van der Waals surface area contributed by atoms with E-state index >= 15 is 0 Å². The Balaban J connectivity index is 1.54. The minimum atomic E-state index is -3.88. The molecule has 1 fully saturated rings. The molecular formula is C31H36FN3O4S. The first kappa shape index (κ1) is 29.4. The van der Waals surface area contributed by atoms with Crippen molar-refractivity contribution in [1.82, 2.24) is 14.1 Å². The molecule has 7 nitrogen and oxygen atoms in total. The summed E-state index contributed by atoms with van der Waals surface area (Å²) >= 11 is 0. The van der Waals surface area contributed by atoms with E-state index in [1.807, 2.05) is 38.1 Å². The minimum absolute atomic E-state index is 0.0392. The van der Waals surface area contributed by atoms with E-state index in [1.54, 1.807) is 40.1 Å². The first-order valence-corrected chi connectivity index (χ1v) is 15.1. The molecule has 3 aromatic carbocycles. The van der Waals surface area contributed by atoms with Crippen molar-refractivity contribution in [3.05, 3.63) is 101 Å². The Hall–Kier alpha value is -3.56. The summed E-state index contributed by atoms with van der Waals surface area (Å²) in [7, 11) is -3.88. The van der Waals surface area contributed by atoms with Crippen LogP contribution in [0.4, 0.5) is 4.39 Å². The monoisotopic (exact) mass is 565 g/mol. The molecule has 212 valence electrons. The molecule has 0 atom stereocenters. The average Bonchev–Trinajstić information content (AvgIpc) is 2.96. The predicted octanol–water partition coefficient (Wildman–Crippen LogP) is 4.87.